The Balaban J connectivity index is 1.59. The highest BCUT2D eigenvalue weighted by atomic mass is 16.2. The molecule has 0 aliphatic carbocycles. The second-order valence-electron chi connectivity index (χ2n) is 7.48. The number of rotatable bonds is 2. The molecule has 2 heterocycles. The molecule has 4 rings (SSSR count). The van der Waals surface area contributed by atoms with Gasteiger partial charge in [-0.3, -0.25) is 4.79 Å². The van der Waals surface area contributed by atoms with Crippen molar-refractivity contribution in [3.63, 3.8) is 0 Å². The van der Waals surface area contributed by atoms with Crippen molar-refractivity contribution >= 4 is 23.3 Å². The van der Waals surface area contributed by atoms with Crippen LogP contribution in [0.15, 0.2) is 54.6 Å². The Kier molecular flexibility index (Phi) is 4.60. The number of piperidine rings is 1. The van der Waals surface area contributed by atoms with Crippen molar-refractivity contribution in [1.82, 2.24) is 4.90 Å². The van der Waals surface area contributed by atoms with Gasteiger partial charge in [0.05, 0.1) is 0 Å². The van der Waals surface area contributed by atoms with Gasteiger partial charge >= 0.3 is 6.03 Å². The topological polar surface area (TPSA) is 52.6 Å². The van der Waals surface area contributed by atoms with Gasteiger partial charge in [-0.05, 0) is 56.9 Å². The zero-order valence-electron chi connectivity index (χ0n) is 15.6. The summed E-state index contributed by atoms with van der Waals surface area (Å²) in [6.07, 6.45) is 3.22. The van der Waals surface area contributed by atoms with Crippen molar-refractivity contribution in [2.45, 2.75) is 38.1 Å². The summed E-state index contributed by atoms with van der Waals surface area (Å²) in [5.74, 6) is 0.0540. The minimum Gasteiger partial charge on any atom is -0.310 e. The van der Waals surface area contributed by atoms with Crippen LogP contribution in [0, 0.1) is 6.92 Å². The Morgan fingerprint density at radius 2 is 1.63 bits per heavy atom. The number of aryl methyl sites for hydroxylation is 1. The third-order valence-electron chi connectivity index (χ3n) is 5.72. The van der Waals surface area contributed by atoms with E-state index in [4.69, 9.17) is 0 Å². The van der Waals surface area contributed by atoms with Crippen molar-refractivity contribution in [2.75, 3.05) is 23.3 Å². The summed E-state index contributed by atoms with van der Waals surface area (Å²) in [4.78, 5) is 30.1. The van der Waals surface area contributed by atoms with Crippen molar-refractivity contribution < 1.29 is 9.59 Å². The lowest BCUT2D eigenvalue weighted by molar-refractivity contribution is -0.129. The number of carbonyl (C=O) groups excluding carboxylic acids is 2. The Bertz CT molecular complexity index is 834. The highest BCUT2D eigenvalue weighted by Crippen LogP contribution is 2.40. The first-order chi connectivity index (χ1) is 13.1. The van der Waals surface area contributed by atoms with Crippen LogP contribution in [0.1, 0.15) is 31.2 Å². The van der Waals surface area contributed by atoms with E-state index in [9.17, 15) is 9.59 Å². The summed E-state index contributed by atoms with van der Waals surface area (Å²) in [7, 11) is 0. The van der Waals surface area contributed by atoms with Crippen LogP contribution in [0.4, 0.5) is 16.2 Å². The molecule has 1 spiro atoms. The molecular formula is C22H25N3O2. The molecule has 1 N–H and O–H groups in total. The first-order valence-corrected chi connectivity index (χ1v) is 9.62. The van der Waals surface area contributed by atoms with Gasteiger partial charge in [-0.15, -0.1) is 0 Å². The maximum Gasteiger partial charge on any atom is 0.322 e. The number of urea groups is 1. The zero-order valence-corrected chi connectivity index (χ0v) is 15.6. The van der Waals surface area contributed by atoms with Gasteiger partial charge in [0, 0.05) is 24.5 Å². The molecule has 2 aromatic rings. The SMILES string of the molecule is Cc1ccc(N2CCCC3(CCCN3C(=O)Nc3ccccc3)C2=O)cc1. The van der Waals surface area contributed by atoms with Crippen molar-refractivity contribution in [2.24, 2.45) is 0 Å². The molecule has 3 amide bonds. The van der Waals surface area contributed by atoms with E-state index >= 15 is 0 Å². The standard InChI is InChI=1S/C22H25N3O2/c1-17-9-11-19(12-10-17)24-15-5-13-22(20(24)26)14-6-16-25(22)21(27)23-18-7-3-2-4-8-18/h2-4,7-12H,5-6,13-16H2,1H3,(H,23,27). The van der Waals surface area contributed by atoms with E-state index in [0.29, 0.717) is 13.1 Å². The minimum atomic E-state index is -0.720. The Labute approximate surface area is 160 Å². The quantitative estimate of drug-likeness (QED) is 0.870. The number of amides is 3. The average molecular weight is 363 g/mol. The van der Waals surface area contributed by atoms with E-state index in [2.05, 4.69) is 5.32 Å². The number of para-hydroxylation sites is 1. The van der Waals surface area contributed by atoms with E-state index in [1.165, 1.54) is 5.56 Å². The molecule has 2 aromatic carbocycles. The second kappa shape index (κ2) is 7.06. The highest BCUT2D eigenvalue weighted by molar-refractivity contribution is 6.04. The van der Waals surface area contributed by atoms with Crippen LogP contribution in [0.2, 0.25) is 0 Å². The van der Waals surface area contributed by atoms with Gasteiger partial charge in [0.2, 0.25) is 0 Å². The fourth-order valence-corrected chi connectivity index (χ4v) is 4.33. The fourth-order valence-electron chi connectivity index (χ4n) is 4.33. The molecule has 0 aromatic heterocycles. The van der Waals surface area contributed by atoms with Crippen LogP contribution < -0.4 is 10.2 Å². The predicted octanol–water partition coefficient (Wildman–Crippen LogP) is 4.19. The minimum absolute atomic E-state index is 0.0540. The molecule has 1 unspecified atom stereocenters. The van der Waals surface area contributed by atoms with Crippen molar-refractivity contribution in [3.8, 4) is 0 Å². The van der Waals surface area contributed by atoms with Gasteiger partial charge < -0.3 is 15.1 Å². The number of hydrogen-bond acceptors (Lipinski definition) is 2. The van der Waals surface area contributed by atoms with Crippen LogP contribution in [-0.2, 0) is 4.79 Å². The first-order valence-electron chi connectivity index (χ1n) is 9.62. The molecule has 140 valence electrons. The highest BCUT2D eigenvalue weighted by Gasteiger charge is 2.53. The van der Waals surface area contributed by atoms with Crippen LogP contribution in [0.5, 0.6) is 0 Å². The molecule has 27 heavy (non-hydrogen) atoms. The number of carbonyl (C=O) groups is 2. The predicted molar refractivity (Wildman–Crippen MR) is 107 cm³/mol. The number of anilines is 2. The van der Waals surface area contributed by atoms with E-state index < -0.39 is 5.54 Å². The molecule has 5 heteroatoms. The maximum atomic E-state index is 13.5. The van der Waals surface area contributed by atoms with Crippen LogP contribution in [-0.4, -0.2) is 35.5 Å². The van der Waals surface area contributed by atoms with Gasteiger partial charge in [-0.1, -0.05) is 35.9 Å². The first kappa shape index (κ1) is 17.6. The molecule has 0 radical (unpaired) electrons. The summed E-state index contributed by atoms with van der Waals surface area (Å²) < 4.78 is 0. The Morgan fingerprint density at radius 1 is 0.963 bits per heavy atom. The maximum absolute atomic E-state index is 13.5. The van der Waals surface area contributed by atoms with Gasteiger partial charge in [-0.25, -0.2) is 4.79 Å². The van der Waals surface area contributed by atoms with Crippen molar-refractivity contribution in [3.05, 3.63) is 60.2 Å². The second-order valence-corrected chi connectivity index (χ2v) is 7.48. The molecule has 2 saturated heterocycles. The lowest BCUT2D eigenvalue weighted by Crippen LogP contribution is -2.62. The van der Waals surface area contributed by atoms with Gasteiger partial charge in [0.15, 0.2) is 0 Å². The van der Waals surface area contributed by atoms with E-state index in [-0.39, 0.29) is 11.9 Å². The van der Waals surface area contributed by atoms with Crippen LogP contribution in [0.3, 0.4) is 0 Å². The van der Waals surface area contributed by atoms with Crippen LogP contribution in [0.25, 0.3) is 0 Å². The number of likely N-dealkylation sites (tertiary alicyclic amines) is 1. The molecule has 2 fully saturated rings. The van der Waals surface area contributed by atoms with E-state index in [1.807, 2.05) is 66.4 Å². The third kappa shape index (κ3) is 3.18. The molecule has 2 aliphatic rings. The molecular weight excluding hydrogens is 338 g/mol. The normalized spacial score (nSPS) is 22.3. The van der Waals surface area contributed by atoms with E-state index in [1.54, 1.807) is 4.90 Å². The van der Waals surface area contributed by atoms with Crippen molar-refractivity contribution in [1.29, 1.82) is 0 Å². The summed E-state index contributed by atoms with van der Waals surface area (Å²) >= 11 is 0. The summed E-state index contributed by atoms with van der Waals surface area (Å²) in [6, 6.07) is 17.3. The number of hydrogen-bond donors (Lipinski definition) is 1. The molecule has 5 nitrogen and oxygen atoms in total. The smallest absolute Gasteiger partial charge is 0.310 e. The molecule has 2 aliphatic heterocycles. The zero-order chi connectivity index (χ0) is 18.9. The van der Waals surface area contributed by atoms with Crippen LogP contribution >= 0.6 is 0 Å². The fraction of sp³-hybridized carbons (Fsp3) is 0.364. The summed E-state index contributed by atoms with van der Waals surface area (Å²) in [5.41, 5.74) is 2.12. The lowest BCUT2D eigenvalue weighted by Gasteiger charge is -2.44. The Hall–Kier alpha value is -2.82. The van der Waals surface area contributed by atoms with Gasteiger partial charge in [0.1, 0.15) is 5.54 Å². The monoisotopic (exact) mass is 363 g/mol. The number of benzene rings is 2. The molecule has 1 atom stereocenters. The molecule has 0 saturated carbocycles. The largest absolute Gasteiger partial charge is 0.322 e. The summed E-state index contributed by atoms with van der Waals surface area (Å²) in [6.45, 7) is 3.36. The third-order valence-corrected chi connectivity index (χ3v) is 5.72. The number of nitrogens with zero attached hydrogens (tertiary/aromatic N) is 2. The van der Waals surface area contributed by atoms with Gasteiger partial charge in [-0.2, -0.15) is 0 Å². The van der Waals surface area contributed by atoms with Gasteiger partial charge in [0.25, 0.3) is 5.91 Å². The lowest BCUT2D eigenvalue weighted by atomic mass is 9.85. The van der Waals surface area contributed by atoms with E-state index in [0.717, 1.165) is 37.1 Å². The average Bonchev–Trinajstić information content (AvgIpc) is 3.10. The number of nitrogens with one attached hydrogen (secondary N) is 1. The Morgan fingerprint density at radius 3 is 2.33 bits per heavy atom. The summed E-state index contributed by atoms with van der Waals surface area (Å²) in [5, 5.41) is 2.95. The molecule has 0 bridgehead atoms.